The average Bonchev–Trinajstić information content (AvgIpc) is 3.06. The van der Waals surface area contributed by atoms with Crippen LogP contribution in [0.4, 0.5) is 17.8 Å². The van der Waals surface area contributed by atoms with Gasteiger partial charge in [0.05, 0.1) is 0 Å². The van der Waals surface area contributed by atoms with Crippen LogP contribution >= 0.6 is 0 Å². The van der Waals surface area contributed by atoms with E-state index in [0.717, 1.165) is 25.6 Å². The molecule has 7 heteroatoms. The smallest absolute Gasteiger partial charge is 0.229 e. The highest BCUT2D eigenvalue weighted by Gasteiger charge is 2.23. The van der Waals surface area contributed by atoms with E-state index in [4.69, 9.17) is 5.73 Å². The fraction of sp³-hybridized carbons (Fsp3) is 0.824. The third kappa shape index (κ3) is 4.69. The summed E-state index contributed by atoms with van der Waals surface area (Å²) in [6, 6.07) is 0.562. The molecule has 2 heterocycles. The fourth-order valence-corrected chi connectivity index (χ4v) is 3.93. The van der Waals surface area contributed by atoms with E-state index in [-0.39, 0.29) is 5.95 Å². The molecular formula is C17H31N7. The first-order valence-corrected chi connectivity index (χ1v) is 9.48. The quantitative estimate of drug-likeness (QED) is 0.705. The molecule has 2 aliphatic rings. The van der Waals surface area contributed by atoms with Crippen LogP contribution in [0.2, 0.25) is 0 Å². The summed E-state index contributed by atoms with van der Waals surface area (Å²) < 4.78 is 0. The molecule has 1 aromatic rings. The summed E-state index contributed by atoms with van der Waals surface area (Å²) in [7, 11) is 0. The Bertz CT molecular complexity index is 516. The number of aromatic nitrogens is 3. The molecule has 1 atom stereocenters. The molecule has 0 aromatic carbocycles. The number of nitrogens with zero attached hydrogens (tertiary/aromatic N) is 4. The van der Waals surface area contributed by atoms with Crippen LogP contribution in [0, 0.1) is 5.92 Å². The lowest BCUT2D eigenvalue weighted by atomic mass is 9.89. The van der Waals surface area contributed by atoms with E-state index in [2.05, 4.69) is 37.4 Å². The maximum atomic E-state index is 5.85. The zero-order valence-corrected chi connectivity index (χ0v) is 14.8. The second-order valence-corrected chi connectivity index (χ2v) is 7.03. The van der Waals surface area contributed by atoms with Gasteiger partial charge in [-0.1, -0.05) is 26.2 Å². The van der Waals surface area contributed by atoms with E-state index < -0.39 is 0 Å². The molecule has 1 saturated carbocycles. The molecule has 7 nitrogen and oxygen atoms in total. The predicted molar refractivity (Wildman–Crippen MR) is 98.1 cm³/mol. The molecule has 2 fully saturated rings. The number of likely N-dealkylation sites (N-methyl/N-ethyl adjacent to an activating group) is 1. The van der Waals surface area contributed by atoms with E-state index in [1.54, 1.807) is 0 Å². The summed E-state index contributed by atoms with van der Waals surface area (Å²) in [6.45, 7) is 6.29. The molecule has 0 amide bonds. The summed E-state index contributed by atoms with van der Waals surface area (Å²) in [5.41, 5.74) is 5.85. The zero-order valence-electron chi connectivity index (χ0n) is 14.8. The number of nitrogens with two attached hydrogens (primary N) is 1. The van der Waals surface area contributed by atoms with Gasteiger partial charge in [0.25, 0.3) is 0 Å². The zero-order chi connectivity index (χ0) is 16.8. The Morgan fingerprint density at radius 1 is 0.958 bits per heavy atom. The van der Waals surface area contributed by atoms with Gasteiger partial charge in [-0.15, -0.1) is 0 Å². The van der Waals surface area contributed by atoms with E-state index in [9.17, 15) is 0 Å². The second kappa shape index (κ2) is 8.46. The molecule has 1 aliphatic carbocycles. The van der Waals surface area contributed by atoms with Gasteiger partial charge in [0, 0.05) is 19.1 Å². The molecule has 0 bridgehead atoms. The van der Waals surface area contributed by atoms with E-state index in [1.807, 2.05) is 0 Å². The van der Waals surface area contributed by atoms with Gasteiger partial charge < -0.3 is 16.4 Å². The summed E-state index contributed by atoms with van der Waals surface area (Å²) in [5, 5.41) is 6.70. The Labute approximate surface area is 144 Å². The van der Waals surface area contributed by atoms with Gasteiger partial charge in [-0.25, -0.2) is 0 Å². The highest BCUT2D eigenvalue weighted by molar-refractivity contribution is 5.40. The first-order chi connectivity index (χ1) is 11.7. The minimum absolute atomic E-state index is 0.275. The van der Waals surface area contributed by atoms with Crippen LogP contribution in [0.1, 0.15) is 51.9 Å². The maximum absolute atomic E-state index is 5.85. The Balaban J connectivity index is 1.53. The second-order valence-electron chi connectivity index (χ2n) is 7.03. The molecule has 1 aromatic heterocycles. The van der Waals surface area contributed by atoms with Gasteiger partial charge in [-0.05, 0) is 44.7 Å². The number of likely N-dealkylation sites (tertiary alicyclic amines) is 1. The maximum Gasteiger partial charge on any atom is 0.229 e. The number of nitrogen functional groups attached to an aromatic ring is 1. The summed E-state index contributed by atoms with van der Waals surface area (Å²) in [5.74, 6) is 2.17. The molecule has 24 heavy (non-hydrogen) atoms. The third-order valence-corrected chi connectivity index (χ3v) is 5.33. The van der Waals surface area contributed by atoms with Crippen molar-refractivity contribution in [2.75, 3.05) is 42.5 Å². The topological polar surface area (TPSA) is 92.0 Å². The van der Waals surface area contributed by atoms with Gasteiger partial charge in [-0.3, -0.25) is 4.90 Å². The van der Waals surface area contributed by atoms with Crippen molar-refractivity contribution in [3.8, 4) is 0 Å². The molecule has 0 spiro atoms. The van der Waals surface area contributed by atoms with E-state index >= 15 is 0 Å². The summed E-state index contributed by atoms with van der Waals surface area (Å²) in [4.78, 5) is 15.4. The minimum Gasteiger partial charge on any atom is -0.368 e. The van der Waals surface area contributed by atoms with Gasteiger partial charge in [-0.2, -0.15) is 15.0 Å². The van der Waals surface area contributed by atoms with Gasteiger partial charge in [0.2, 0.25) is 17.8 Å². The molecule has 4 N–H and O–H groups in total. The predicted octanol–water partition coefficient (Wildman–Crippen LogP) is 2.34. The van der Waals surface area contributed by atoms with Crippen LogP contribution in [0.3, 0.4) is 0 Å². The Hall–Kier alpha value is -1.63. The van der Waals surface area contributed by atoms with Crippen LogP contribution in [-0.2, 0) is 0 Å². The Kier molecular flexibility index (Phi) is 6.07. The molecular weight excluding hydrogens is 302 g/mol. The van der Waals surface area contributed by atoms with Crippen molar-refractivity contribution in [2.45, 2.75) is 57.9 Å². The standard InChI is InChI=1S/C17H31N7/c1-2-24-10-6-9-14(24)12-20-17-22-15(18)21-16(23-17)19-11-13-7-4-3-5-8-13/h13-14H,2-12H2,1H3,(H4,18,19,20,21,22,23). The van der Waals surface area contributed by atoms with Crippen molar-refractivity contribution in [1.29, 1.82) is 0 Å². The van der Waals surface area contributed by atoms with Gasteiger partial charge in [0.1, 0.15) is 0 Å². The average molecular weight is 333 g/mol. The van der Waals surface area contributed by atoms with Crippen LogP contribution in [0.25, 0.3) is 0 Å². The SMILES string of the molecule is CCN1CCCC1CNc1nc(N)nc(NCC2CCCCC2)n1. The largest absolute Gasteiger partial charge is 0.368 e. The number of anilines is 3. The molecule has 1 unspecified atom stereocenters. The number of nitrogens with one attached hydrogen (secondary N) is 2. The van der Waals surface area contributed by atoms with Crippen molar-refractivity contribution in [3.63, 3.8) is 0 Å². The van der Waals surface area contributed by atoms with Gasteiger partial charge >= 0.3 is 0 Å². The van der Waals surface area contributed by atoms with Crippen molar-refractivity contribution in [2.24, 2.45) is 5.92 Å². The lowest BCUT2D eigenvalue weighted by molar-refractivity contribution is 0.277. The highest BCUT2D eigenvalue weighted by atomic mass is 15.3. The third-order valence-electron chi connectivity index (χ3n) is 5.33. The van der Waals surface area contributed by atoms with Crippen molar-refractivity contribution in [3.05, 3.63) is 0 Å². The monoisotopic (exact) mass is 333 g/mol. The van der Waals surface area contributed by atoms with Crippen molar-refractivity contribution >= 4 is 17.8 Å². The van der Waals surface area contributed by atoms with Gasteiger partial charge in [0.15, 0.2) is 0 Å². The summed E-state index contributed by atoms with van der Waals surface area (Å²) in [6.07, 6.45) is 9.16. The highest BCUT2D eigenvalue weighted by Crippen LogP contribution is 2.23. The minimum atomic E-state index is 0.275. The van der Waals surface area contributed by atoms with Crippen LogP contribution in [-0.4, -0.2) is 52.1 Å². The molecule has 1 saturated heterocycles. The van der Waals surface area contributed by atoms with Crippen molar-refractivity contribution < 1.29 is 0 Å². The number of rotatable bonds is 7. The van der Waals surface area contributed by atoms with Crippen LogP contribution in [0.5, 0.6) is 0 Å². The normalized spacial score (nSPS) is 22.6. The number of hydrogen-bond donors (Lipinski definition) is 3. The number of hydrogen-bond acceptors (Lipinski definition) is 7. The van der Waals surface area contributed by atoms with E-state index in [1.165, 1.54) is 51.5 Å². The van der Waals surface area contributed by atoms with Crippen LogP contribution < -0.4 is 16.4 Å². The van der Waals surface area contributed by atoms with Crippen LogP contribution in [0.15, 0.2) is 0 Å². The molecule has 134 valence electrons. The lowest BCUT2D eigenvalue weighted by Crippen LogP contribution is -2.35. The first kappa shape index (κ1) is 17.2. The van der Waals surface area contributed by atoms with E-state index in [0.29, 0.717) is 17.9 Å². The van der Waals surface area contributed by atoms with Crippen molar-refractivity contribution in [1.82, 2.24) is 19.9 Å². The lowest BCUT2D eigenvalue weighted by Gasteiger charge is -2.23. The fourth-order valence-electron chi connectivity index (χ4n) is 3.93. The Morgan fingerprint density at radius 2 is 1.67 bits per heavy atom. The first-order valence-electron chi connectivity index (χ1n) is 9.48. The Morgan fingerprint density at radius 3 is 2.38 bits per heavy atom. The molecule has 1 aliphatic heterocycles. The molecule has 3 rings (SSSR count). The molecule has 0 radical (unpaired) electrons. The summed E-state index contributed by atoms with van der Waals surface area (Å²) >= 11 is 0.